The molecule has 1 aromatic carbocycles. The Morgan fingerprint density at radius 3 is 3.09 bits per heavy atom. The number of benzene rings is 1. The predicted molar refractivity (Wildman–Crippen MR) is 88.1 cm³/mol. The zero-order chi connectivity index (χ0) is 15.5. The van der Waals surface area contributed by atoms with Crippen molar-refractivity contribution in [3.63, 3.8) is 0 Å². The molecule has 1 fully saturated rings. The molecule has 1 N–H and O–H groups in total. The lowest BCUT2D eigenvalue weighted by molar-refractivity contribution is 0.00557. The maximum absolute atomic E-state index is 9.34. The quantitative estimate of drug-likeness (QED) is 0.930. The van der Waals surface area contributed by atoms with Crippen LogP contribution in [0.5, 0.6) is 0 Å². The summed E-state index contributed by atoms with van der Waals surface area (Å²) in [5.41, 5.74) is 1.38. The molecule has 1 aromatic heterocycles. The van der Waals surface area contributed by atoms with Crippen LogP contribution >= 0.6 is 11.6 Å². The lowest BCUT2D eigenvalue weighted by atomic mass is 9.96. The monoisotopic (exact) mass is 315 g/mol. The molecule has 0 bridgehead atoms. The first kappa shape index (κ1) is 15.1. The van der Waals surface area contributed by atoms with E-state index in [1.54, 1.807) is 18.2 Å². The van der Waals surface area contributed by atoms with Crippen LogP contribution in [0.15, 0.2) is 24.3 Å². The van der Waals surface area contributed by atoms with Gasteiger partial charge in [0.2, 0.25) is 0 Å². The molecule has 2 atom stereocenters. The number of hydrogen-bond donors (Lipinski definition) is 1. The summed E-state index contributed by atoms with van der Waals surface area (Å²) in [6.45, 7) is 3.78. The molecule has 3 rings (SSSR count). The fraction of sp³-hybridized carbons (Fsp3) is 0.412. The molecular weight excluding hydrogens is 298 g/mol. The SMILES string of the molecule is C[C@@H]1C[C@H](CNc2cc(C#N)c3cc(Cl)ccc3n2)CCO1. The second-order valence-electron chi connectivity index (χ2n) is 5.78. The third kappa shape index (κ3) is 3.32. The zero-order valence-electron chi connectivity index (χ0n) is 12.5. The molecule has 1 saturated heterocycles. The largest absolute Gasteiger partial charge is 0.378 e. The summed E-state index contributed by atoms with van der Waals surface area (Å²) in [6.07, 6.45) is 2.44. The van der Waals surface area contributed by atoms with Gasteiger partial charge in [-0.15, -0.1) is 0 Å². The molecule has 22 heavy (non-hydrogen) atoms. The van der Waals surface area contributed by atoms with E-state index < -0.39 is 0 Å². The van der Waals surface area contributed by atoms with E-state index in [1.807, 2.05) is 6.07 Å². The van der Waals surface area contributed by atoms with Crippen LogP contribution in [0.4, 0.5) is 5.82 Å². The third-order valence-electron chi connectivity index (χ3n) is 4.06. The standard InChI is InChI=1S/C17H18ClN3O/c1-11-6-12(4-5-22-11)10-20-17-7-13(9-19)15-8-14(18)2-3-16(15)21-17/h2-3,7-8,11-12H,4-6,10H2,1H3,(H,20,21)/t11-,12-/m1/s1. The second-order valence-corrected chi connectivity index (χ2v) is 6.22. The number of anilines is 1. The highest BCUT2D eigenvalue weighted by atomic mass is 35.5. The van der Waals surface area contributed by atoms with Crippen LogP contribution < -0.4 is 5.32 Å². The van der Waals surface area contributed by atoms with E-state index in [4.69, 9.17) is 16.3 Å². The van der Waals surface area contributed by atoms with Gasteiger partial charge in [-0.2, -0.15) is 5.26 Å². The summed E-state index contributed by atoms with van der Waals surface area (Å²) >= 11 is 6.00. The smallest absolute Gasteiger partial charge is 0.127 e. The minimum Gasteiger partial charge on any atom is -0.378 e. The fourth-order valence-corrected chi connectivity index (χ4v) is 3.08. The van der Waals surface area contributed by atoms with E-state index in [0.29, 0.717) is 22.6 Å². The van der Waals surface area contributed by atoms with E-state index in [0.717, 1.165) is 42.7 Å². The summed E-state index contributed by atoms with van der Waals surface area (Å²) in [5.74, 6) is 1.32. The minimum atomic E-state index is 0.321. The van der Waals surface area contributed by atoms with Gasteiger partial charge in [0, 0.05) is 23.6 Å². The molecule has 2 aromatic rings. The van der Waals surface area contributed by atoms with Gasteiger partial charge < -0.3 is 10.1 Å². The van der Waals surface area contributed by atoms with Crippen LogP contribution in [0, 0.1) is 17.2 Å². The van der Waals surface area contributed by atoms with Gasteiger partial charge in [0.25, 0.3) is 0 Å². The average Bonchev–Trinajstić information content (AvgIpc) is 2.52. The highest BCUT2D eigenvalue weighted by molar-refractivity contribution is 6.31. The normalized spacial score (nSPS) is 21.5. The minimum absolute atomic E-state index is 0.321. The first-order chi connectivity index (χ1) is 10.7. The van der Waals surface area contributed by atoms with Crippen molar-refractivity contribution in [2.24, 2.45) is 5.92 Å². The van der Waals surface area contributed by atoms with Gasteiger partial charge in [-0.3, -0.25) is 0 Å². The molecule has 0 aliphatic carbocycles. The van der Waals surface area contributed by atoms with Crippen LogP contribution in [-0.2, 0) is 4.74 Å². The fourth-order valence-electron chi connectivity index (χ4n) is 2.91. The zero-order valence-corrected chi connectivity index (χ0v) is 13.2. The van der Waals surface area contributed by atoms with Gasteiger partial charge in [0.1, 0.15) is 5.82 Å². The molecule has 0 saturated carbocycles. The Kier molecular flexibility index (Phi) is 4.47. The molecule has 0 amide bonds. The topological polar surface area (TPSA) is 57.9 Å². The first-order valence-corrected chi connectivity index (χ1v) is 7.89. The number of rotatable bonds is 3. The molecule has 0 unspecified atom stereocenters. The van der Waals surface area contributed by atoms with Gasteiger partial charge >= 0.3 is 0 Å². The number of aromatic nitrogens is 1. The van der Waals surface area contributed by atoms with E-state index in [-0.39, 0.29) is 0 Å². The van der Waals surface area contributed by atoms with E-state index in [9.17, 15) is 5.26 Å². The molecule has 1 aliphatic heterocycles. The Balaban J connectivity index is 1.79. The van der Waals surface area contributed by atoms with Gasteiger partial charge in [-0.25, -0.2) is 4.98 Å². The molecule has 0 radical (unpaired) electrons. The Labute approximate surface area is 135 Å². The number of halogens is 1. The molecule has 2 heterocycles. The van der Waals surface area contributed by atoms with Crippen molar-refractivity contribution in [2.75, 3.05) is 18.5 Å². The third-order valence-corrected chi connectivity index (χ3v) is 4.29. The van der Waals surface area contributed by atoms with E-state index >= 15 is 0 Å². The van der Waals surface area contributed by atoms with Gasteiger partial charge in [-0.1, -0.05) is 11.6 Å². The maximum Gasteiger partial charge on any atom is 0.127 e. The number of hydrogen-bond acceptors (Lipinski definition) is 4. The molecule has 4 nitrogen and oxygen atoms in total. The Morgan fingerprint density at radius 1 is 1.45 bits per heavy atom. The number of fused-ring (bicyclic) bond motifs is 1. The number of nitriles is 1. The first-order valence-electron chi connectivity index (χ1n) is 7.51. The molecule has 5 heteroatoms. The van der Waals surface area contributed by atoms with E-state index in [1.165, 1.54) is 0 Å². The van der Waals surface area contributed by atoms with Crippen LogP contribution in [0.1, 0.15) is 25.3 Å². The van der Waals surface area contributed by atoms with Crippen LogP contribution in [0.25, 0.3) is 10.9 Å². The van der Waals surface area contributed by atoms with Gasteiger partial charge in [0.15, 0.2) is 0 Å². The predicted octanol–water partition coefficient (Wildman–Crippen LogP) is 3.99. The van der Waals surface area contributed by atoms with Crippen LogP contribution in [0.3, 0.4) is 0 Å². The Bertz CT molecular complexity index is 726. The lowest BCUT2D eigenvalue weighted by Gasteiger charge is -2.27. The van der Waals surface area contributed by atoms with Crippen molar-refractivity contribution < 1.29 is 4.74 Å². The van der Waals surface area contributed by atoms with Crippen molar-refractivity contribution >= 4 is 28.3 Å². The summed E-state index contributed by atoms with van der Waals surface area (Å²) < 4.78 is 5.57. The highest BCUT2D eigenvalue weighted by Gasteiger charge is 2.19. The maximum atomic E-state index is 9.34. The molecule has 1 aliphatic rings. The highest BCUT2D eigenvalue weighted by Crippen LogP contribution is 2.25. The Hall–Kier alpha value is -1.83. The van der Waals surface area contributed by atoms with Crippen molar-refractivity contribution in [3.05, 3.63) is 34.9 Å². The van der Waals surface area contributed by atoms with Crippen molar-refractivity contribution in [2.45, 2.75) is 25.9 Å². The second kappa shape index (κ2) is 6.51. The van der Waals surface area contributed by atoms with Crippen LogP contribution in [0.2, 0.25) is 5.02 Å². The summed E-state index contributed by atoms with van der Waals surface area (Å²) in [5, 5.41) is 14.1. The summed E-state index contributed by atoms with van der Waals surface area (Å²) in [4.78, 5) is 4.58. The van der Waals surface area contributed by atoms with Crippen LogP contribution in [-0.4, -0.2) is 24.2 Å². The molecule has 0 spiro atoms. The number of ether oxygens (including phenoxy) is 1. The summed E-state index contributed by atoms with van der Waals surface area (Å²) in [7, 11) is 0. The average molecular weight is 316 g/mol. The number of nitrogens with zero attached hydrogens (tertiary/aromatic N) is 2. The number of nitrogens with one attached hydrogen (secondary N) is 1. The number of pyridine rings is 1. The van der Waals surface area contributed by atoms with Crippen molar-refractivity contribution in [1.29, 1.82) is 5.26 Å². The lowest BCUT2D eigenvalue weighted by Crippen LogP contribution is -2.27. The summed E-state index contributed by atoms with van der Waals surface area (Å²) in [6, 6.07) is 9.44. The van der Waals surface area contributed by atoms with Gasteiger partial charge in [-0.05, 0) is 49.9 Å². The van der Waals surface area contributed by atoms with Gasteiger partial charge in [0.05, 0.1) is 23.3 Å². The van der Waals surface area contributed by atoms with Crippen molar-refractivity contribution in [1.82, 2.24) is 4.98 Å². The van der Waals surface area contributed by atoms with Crippen molar-refractivity contribution in [3.8, 4) is 6.07 Å². The molecule has 114 valence electrons. The Morgan fingerprint density at radius 2 is 2.32 bits per heavy atom. The molecular formula is C17H18ClN3O. The van der Waals surface area contributed by atoms with E-state index in [2.05, 4.69) is 23.3 Å².